The lowest BCUT2D eigenvalue weighted by Crippen LogP contribution is -2.28. The third-order valence-corrected chi connectivity index (χ3v) is 3.54. The standard InChI is InChI=1S/C10H15N3O3S/c1-14-7-5(12)9-10(6(13)8(7)15-2)17-4(11)3-16-9/h4H,3,11-13H2,1-2H3. The maximum absolute atomic E-state index is 6.01. The maximum Gasteiger partial charge on any atom is 0.189 e. The predicted octanol–water partition coefficient (Wildman–Crippen LogP) is 0.637. The van der Waals surface area contributed by atoms with E-state index in [2.05, 4.69) is 0 Å². The number of rotatable bonds is 2. The molecular formula is C10H15N3O3S. The number of hydrogen-bond donors (Lipinski definition) is 3. The van der Waals surface area contributed by atoms with Crippen LogP contribution in [0.4, 0.5) is 11.4 Å². The van der Waals surface area contributed by atoms with Crippen molar-refractivity contribution in [2.24, 2.45) is 5.73 Å². The summed E-state index contributed by atoms with van der Waals surface area (Å²) in [5.41, 5.74) is 18.6. The van der Waals surface area contributed by atoms with Crippen LogP contribution in [-0.2, 0) is 0 Å². The van der Waals surface area contributed by atoms with Gasteiger partial charge in [0.1, 0.15) is 12.3 Å². The van der Waals surface area contributed by atoms with Crippen LogP contribution in [0, 0.1) is 0 Å². The van der Waals surface area contributed by atoms with E-state index < -0.39 is 0 Å². The van der Waals surface area contributed by atoms with Gasteiger partial charge in [0.25, 0.3) is 0 Å². The summed E-state index contributed by atoms with van der Waals surface area (Å²) in [6, 6.07) is 0. The van der Waals surface area contributed by atoms with Crippen LogP contribution in [0.3, 0.4) is 0 Å². The zero-order valence-corrected chi connectivity index (χ0v) is 10.5. The first kappa shape index (κ1) is 12.0. The van der Waals surface area contributed by atoms with Crippen LogP contribution in [0.2, 0.25) is 0 Å². The van der Waals surface area contributed by atoms with Crippen LogP contribution >= 0.6 is 11.8 Å². The van der Waals surface area contributed by atoms with Gasteiger partial charge in [0.05, 0.1) is 30.2 Å². The molecule has 1 unspecified atom stereocenters. The van der Waals surface area contributed by atoms with Crippen molar-refractivity contribution in [2.45, 2.75) is 10.3 Å². The lowest BCUT2D eigenvalue weighted by Gasteiger charge is -2.26. The Balaban J connectivity index is 2.66. The number of fused-ring (bicyclic) bond motifs is 1. The molecule has 0 saturated carbocycles. The quantitative estimate of drug-likeness (QED) is 0.667. The Morgan fingerprint density at radius 1 is 1.18 bits per heavy atom. The first-order chi connectivity index (χ1) is 8.10. The summed E-state index contributed by atoms with van der Waals surface area (Å²) >= 11 is 1.41. The van der Waals surface area contributed by atoms with E-state index in [4.69, 9.17) is 31.4 Å². The van der Waals surface area contributed by atoms with Crippen LogP contribution in [0.5, 0.6) is 17.2 Å². The average Bonchev–Trinajstić information content (AvgIpc) is 2.33. The Morgan fingerprint density at radius 3 is 2.35 bits per heavy atom. The number of nitrogens with two attached hydrogens (primary N) is 3. The van der Waals surface area contributed by atoms with Crippen LogP contribution < -0.4 is 31.4 Å². The molecule has 0 fully saturated rings. The highest BCUT2D eigenvalue weighted by molar-refractivity contribution is 8.00. The van der Waals surface area contributed by atoms with Gasteiger partial charge in [0.2, 0.25) is 0 Å². The van der Waals surface area contributed by atoms with E-state index in [1.807, 2.05) is 0 Å². The van der Waals surface area contributed by atoms with E-state index in [-0.39, 0.29) is 5.37 Å². The summed E-state index contributed by atoms with van der Waals surface area (Å²) < 4.78 is 15.9. The van der Waals surface area contributed by atoms with Gasteiger partial charge < -0.3 is 31.4 Å². The molecule has 1 aliphatic heterocycles. The number of methoxy groups -OCH3 is 2. The smallest absolute Gasteiger partial charge is 0.189 e. The van der Waals surface area contributed by atoms with E-state index in [1.165, 1.54) is 26.0 Å². The molecule has 1 heterocycles. The average molecular weight is 257 g/mol. The van der Waals surface area contributed by atoms with Gasteiger partial charge in [0, 0.05) is 0 Å². The van der Waals surface area contributed by atoms with Crippen LogP contribution in [-0.4, -0.2) is 26.2 Å². The largest absolute Gasteiger partial charge is 0.491 e. The number of thioether (sulfide) groups is 1. The predicted molar refractivity (Wildman–Crippen MR) is 67.7 cm³/mol. The van der Waals surface area contributed by atoms with Gasteiger partial charge in [-0.05, 0) is 0 Å². The molecule has 0 spiro atoms. The monoisotopic (exact) mass is 257 g/mol. The first-order valence-corrected chi connectivity index (χ1v) is 5.86. The molecule has 1 aromatic rings. The highest BCUT2D eigenvalue weighted by atomic mass is 32.2. The molecule has 2 rings (SSSR count). The summed E-state index contributed by atoms with van der Waals surface area (Å²) in [7, 11) is 3.01. The minimum Gasteiger partial charge on any atom is -0.491 e. The Kier molecular flexibility index (Phi) is 3.12. The lowest BCUT2D eigenvalue weighted by atomic mass is 10.2. The van der Waals surface area contributed by atoms with E-state index in [0.29, 0.717) is 40.1 Å². The van der Waals surface area contributed by atoms with Crippen molar-refractivity contribution in [3.63, 3.8) is 0 Å². The molecule has 0 aliphatic carbocycles. The zero-order chi connectivity index (χ0) is 12.6. The molecule has 6 nitrogen and oxygen atoms in total. The second-order valence-corrected chi connectivity index (χ2v) is 4.77. The van der Waals surface area contributed by atoms with Gasteiger partial charge in [-0.3, -0.25) is 0 Å². The van der Waals surface area contributed by atoms with E-state index >= 15 is 0 Å². The van der Waals surface area contributed by atoms with Gasteiger partial charge >= 0.3 is 0 Å². The number of hydrogen-bond acceptors (Lipinski definition) is 7. The second kappa shape index (κ2) is 4.42. The van der Waals surface area contributed by atoms with Gasteiger partial charge in [0.15, 0.2) is 17.2 Å². The van der Waals surface area contributed by atoms with Crippen molar-refractivity contribution >= 4 is 23.1 Å². The molecular weight excluding hydrogens is 242 g/mol. The number of nitrogen functional groups attached to an aromatic ring is 2. The van der Waals surface area contributed by atoms with Gasteiger partial charge in [-0.1, -0.05) is 11.8 Å². The molecule has 17 heavy (non-hydrogen) atoms. The van der Waals surface area contributed by atoms with Crippen molar-refractivity contribution < 1.29 is 14.2 Å². The van der Waals surface area contributed by atoms with Crippen molar-refractivity contribution in [3.05, 3.63) is 0 Å². The second-order valence-electron chi connectivity index (χ2n) is 3.52. The molecule has 0 radical (unpaired) electrons. The topological polar surface area (TPSA) is 106 Å². The molecule has 0 bridgehead atoms. The highest BCUT2D eigenvalue weighted by Crippen LogP contribution is 2.53. The summed E-state index contributed by atoms with van der Waals surface area (Å²) in [5.74, 6) is 1.32. The van der Waals surface area contributed by atoms with Crippen molar-refractivity contribution in [1.29, 1.82) is 0 Å². The molecule has 1 aromatic carbocycles. The van der Waals surface area contributed by atoms with E-state index in [0.717, 1.165) is 0 Å². The summed E-state index contributed by atoms with van der Waals surface area (Å²) in [6.45, 7) is 0.386. The van der Waals surface area contributed by atoms with E-state index in [9.17, 15) is 0 Å². The Labute approximate surface area is 103 Å². The Bertz CT molecular complexity index is 453. The third-order valence-electron chi connectivity index (χ3n) is 2.46. The van der Waals surface area contributed by atoms with Crippen LogP contribution in [0.15, 0.2) is 4.90 Å². The van der Waals surface area contributed by atoms with Crippen LogP contribution in [0.25, 0.3) is 0 Å². The van der Waals surface area contributed by atoms with Crippen molar-refractivity contribution in [3.8, 4) is 17.2 Å². The maximum atomic E-state index is 6.01. The van der Waals surface area contributed by atoms with Crippen molar-refractivity contribution in [1.82, 2.24) is 0 Å². The molecule has 0 amide bonds. The molecule has 94 valence electrons. The number of ether oxygens (including phenoxy) is 3. The highest BCUT2D eigenvalue weighted by Gasteiger charge is 2.28. The lowest BCUT2D eigenvalue weighted by molar-refractivity contribution is 0.300. The SMILES string of the molecule is COc1c(N)c2c(c(N)c1OC)SC(N)CO2. The normalized spacial score (nSPS) is 18.2. The number of benzene rings is 1. The molecule has 1 atom stereocenters. The Hall–Kier alpha value is -1.47. The Morgan fingerprint density at radius 2 is 1.76 bits per heavy atom. The van der Waals surface area contributed by atoms with Crippen molar-refractivity contribution in [2.75, 3.05) is 32.3 Å². The van der Waals surface area contributed by atoms with Gasteiger partial charge in [-0.25, -0.2) is 0 Å². The number of anilines is 2. The summed E-state index contributed by atoms with van der Waals surface area (Å²) in [5, 5.41) is -0.165. The molecule has 6 N–H and O–H groups in total. The first-order valence-electron chi connectivity index (χ1n) is 4.98. The van der Waals surface area contributed by atoms with Gasteiger partial charge in [-0.2, -0.15) is 0 Å². The molecule has 0 saturated heterocycles. The molecule has 7 heteroatoms. The van der Waals surface area contributed by atoms with Gasteiger partial charge in [-0.15, -0.1) is 0 Å². The fourth-order valence-corrected chi connectivity index (χ4v) is 2.65. The molecule has 1 aliphatic rings. The fraction of sp³-hybridized carbons (Fsp3) is 0.400. The van der Waals surface area contributed by atoms with Crippen LogP contribution in [0.1, 0.15) is 0 Å². The summed E-state index contributed by atoms with van der Waals surface area (Å²) in [6.07, 6.45) is 0. The fourth-order valence-electron chi connectivity index (χ4n) is 1.71. The summed E-state index contributed by atoms with van der Waals surface area (Å²) in [4.78, 5) is 0.707. The molecule has 0 aromatic heterocycles. The minimum absolute atomic E-state index is 0.165. The van der Waals surface area contributed by atoms with E-state index in [1.54, 1.807) is 0 Å². The third kappa shape index (κ3) is 1.81. The minimum atomic E-state index is -0.165. The zero-order valence-electron chi connectivity index (χ0n) is 9.65.